The maximum absolute atomic E-state index is 12.7. The molecule has 2 saturated heterocycles. The third-order valence-electron chi connectivity index (χ3n) is 8.88. The highest BCUT2D eigenvalue weighted by molar-refractivity contribution is 5.88. The zero-order valence-corrected chi connectivity index (χ0v) is 20.1. The summed E-state index contributed by atoms with van der Waals surface area (Å²) in [6, 6.07) is 9.89. The predicted octanol–water partition coefficient (Wildman–Crippen LogP) is 1.60. The highest BCUT2D eigenvalue weighted by Crippen LogP contribution is 2.52. The third kappa shape index (κ3) is 4.37. The lowest BCUT2D eigenvalue weighted by Crippen LogP contribution is -2.50. The molecule has 1 unspecified atom stereocenters. The fraction of sp³-hybridized carbons (Fsp3) is 0.577. The van der Waals surface area contributed by atoms with Gasteiger partial charge in [-0.05, 0) is 79.2 Å². The molecule has 1 aromatic heterocycles. The number of nitrogens with two attached hydrogens (primary N) is 2. The Morgan fingerprint density at radius 3 is 2.40 bits per heavy atom. The van der Waals surface area contributed by atoms with Crippen LogP contribution in [0.2, 0.25) is 0 Å². The average molecular weight is 478 g/mol. The van der Waals surface area contributed by atoms with Crippen LogP contribution in [-0.2, 0) is 6.54 Å². The summed E-state index contributed by atoms with van der Waals surface area (Å²) in [4.78, 5) is 33.8. The molecule has 4 fully saturated rings. The molecular formula is C26H35N7O2. The second-order valence-corrected chi connectivity index (χ2v) is 11.2. The van der Waals surface area contributed by atoms with Crippen LogP contribution in [0.15, 0.2) is 41.3 Å². The van der Waals surface area contributed by atoms with Crippen molar-refractivity contribution in [1.29, 1.82) is 0 Å². The van der Waals surface area contributed by atoms with Crippen molar-refractivity contribution in [1.82, 2.24) is 19.4 Å². The molecule has 2 amide bonds. The number of hydrogen-bond donors (Lipinski definition) is 3. The van der Waals surface area contributed by atoms with Crippen molar-refractivity contribution in [3.05, 3.63) is 52.6 Å². The van der Waals surface area contributed by atoms with E-state index >= 15 is 0 Å². The first-order valence-electron chi connectivity index (χ1n) is 12.9. The largest absolute Gasteiger partial charge is 0.354 e. The molecule has 3 atom stereocenters. The van der Waals surface area contributed by atoms with E-state index in [2.05, 4.69) is 27.3 Å². The first-order valence-corrected chi connectivity index (χ1v) is 12.9. The maximum atomic E-state index is 12.7. The van der Waals surface area contributed by atoms with Gasteiger partial charge in [0.2, 0.25) is 0 Å². The monoisotopic (exact) mass is 477 g/mol. The normalized spacial score (nSPS) is 27.5. The van der Waals surface area contributed by atoms with Gasteiger partial charge in [0.15, 0.2) is 0 Å². The van der Waals surface area contributed by atoms with Crippen LogP contribution >= 0.6 is 0 Å². The SMILES string of the molecule is NCC1CC2(CCN(C(=O)Nc3ccn(-c4ccc(CN5C[C@@H]6C(N)[C@@H]6C5)cc4)c(=O)n3)CC2)C1. The lowest BCUT2D eigenvalue weighted by Gasteiger charge is -2.52. The number of carbonyl (C=O) groups excluding carboxylic acids is 1. The van der Waals surface area contributed by atoms with Crippen LogP contribution < -0.4 is 22.5 Å². The molecule has 9 heteroatoms. The fourth-order valence-corrected chi connectivity index (χ4v) is 6.59. The van der Waals surface area contributed by atoms with Crippen LogP contribution in [0, 0.1) is 23.2 Å². The van der Waals surface area contributed by atoms with Gasteiger partial charge in [-0.1, -0.05) is 12.1 Å². The van der Waals surface area contributed by atoms with Gasteiger partial charge in [0.25, 0.3) is 0 Å². The number of aromatic nitrogens is 2. The molecule has 2 aliphatic heterocycles. The van der Waals surface area contributed by atoms with E-state index < -0.39 is 5.69 Å². The van der Waals surface area contributed by atoms with E-state index in [1.54, 1.807) is 12.3 Å². The number of anilines is 1. The van der Waals surface area contributed by atoms with Gasteiger partial charge in [-0.15, -0.1) is 0 Å². The Balaban J connectivity index is 1.03. The van der Waals surface area contributed by atoms with Crippen molar-refractivity contribution in [3.63, 3.8) is 0 Å². The molecule has 35 heavy (non-hydrogen) atoms. The summed E-state index contributed by atoms with van der Waals surface area (Å²) in [6.07, 6.45) is 6.09. The third-order valence-corrected chi connectivity index (χ3v) is 8.88. The number of likely N-dealkylation sites (tertiary alicyclic amines) is 2. The second-order valence-electron chi connectivity index (χ2n) is 11.2. The molecule has 2 saturated carbocycles. The van der Waals surface area contributed by atoms with Gasteiger partial charge in [0.1, 0.15) is 5.82 Å². The van der Waals surface area contributed by atoms with Gasteiger partial charge >= 0.3 is 11.7 Å². The number of urea groups is 1. The summed E-state index contributed by atoms with van der Waals surface area (Å²) in [5.41, 5.74) is 13.8. The Hall–Kier alpha value is -2.75. The van der Waals surface area contributed by atoms with Crippen LogP contribution in [0.5, 0.6) is 0 Å². The maximum Gasteiger partial charge on any atom is 0.354 e. The van der Waals surface area contributed by atoms with E-state index in [1.807, 2.05) is 17.0 Å². The van der Waals surface area contributed by atoms with Gasteiger partial charge in [-0.25, -0.2) is 9.59 Å². The number of amides is 2. The first kappa shape index (κ1) is 22.7. The standard InChI is InChI=1S/C26H35N7O2/c27-13-18-11-26(12-18)6-9-32(10-7-26)24(34)29-22-5-8-33(25(35)30-22)19-3-1-17(2-4-19)14-31-15-20-21(16-31)23(20)28/h1-5,8,18,20-21,23H,6-7,9-16,27-28H2,(H,29,30,34,35)/t20-,21+,23?. The highest BCUT2D eigenvalue weighted by Gasteiger charge is 2.53. The van der Waals surface area contributed by atoms with Crippen molar-refractivity contribution in [3.8, 4) is 5.69 Å². The predicted molar refractivity (Wildman–Crippen MR) is 134 cm³/mol. The Kier molecular flexibility index (Phi) is 5.66. The number of carbonyl (C=O) groups is 1. The zero-order chi connectivity index (χ0) is 24.2. The molecule has 1 spiro atoms. The summed E-state index contributed by atoms with van der Waals surface area (Å²) in [6.45, 7) is 5.30. The molecular weight excluding hydrogens is 442 g/mol. The van der Waals surface area contributed by atoms with E-state index in [9.17, 15) is 9.59 Å². The van der Waals surface area contributed by atoms with Crippen molar-refractivity contribution >= 4 is 11.8 Å². The molecule has 3 heterocycles. The summed E-state index contributed by atoms with van der Waals surface area (Å²) in [5, 5.41) is 2.80. The van der Waals surface area contributed by atoms with Crippen molar-refractivity contribution < 1.29 is 4.79 Å². The molecule has 4 aliphatic rings. The van der Waals surface area contributed by atoms with E-state index in [4.69, 9.17) is 11.5 Å². The fourth-order valence-electron chi connectivity index (χ4n) is 6.59. The molecule has 1 aromatic carbocycles. The second kappa shape index (κ2) is 8.72. The van der Waals surface area contributed by atoms with Gasteiger partial charge in [-0.2, -0.15) is 4.98 Å². The molecule has 5 N–H and O–H groups in total. The van der Waals surface area contributed by atoms with Gasteiger partial charge in [0, 0.05) is 45.0 Å². The molecule has 2 aromatic rings. The lowest BCUT2D eigenvalue weighted by molar-refractivity contribution is 0.00188. The van der Waals surface area contributed by atoms with E-state index in [0.717, 1.165) is 57.8 Å². The molecule has 6 rings (SSSR count). The quantitative estimate of drug-likeness (QED) is 0.601. The topological polar surface area (TPSA) is 123 Å². The van der Waals surface area contributed by atoms with Crippen LogP contribution in [-0.4, -0.2) is 64.1 Å². The number of nitrogens with zero attached hydrogens (tertiary/aromatic N) is 4. The van der Waals surface area contributed by atoms with Gasteiger partial charge < -0.3 is 16.4 Å². The van der Waals surface area contributed by atoms with E-state index in [0.29, 0.717) is 29.2 Å². The van der Waals surface area contributed by atoms with Crippen LogP contribution in [0.4, 0.5) is 10.6 Å². The Morgan fingerprint density at radius 1 is 1.09 bits per heavy atom. The molecule has 2 aliphatic carbocycles. The average Bonchev–Trinajstić information content (AvgIpc) is 3.23. The molecule has 0 bridgehead atoms. The summed E-state index contributed by atoms with van der Waals surface area (Å²) in [5.74, 6) is 2.29. The Morgan fingerprint density at radius 2 is 1.77 bits per heavy atom. The number of rotatable bonds is 5. The Labute approximate surface area is 205 Å². The minimum absolute atomic E-state index is 0.191. The highest BCUT2D eigenvalue weighted by atomic mass is 16.2. The zero-order valence-electron chi connectivity index (χ0n) is 20.1. The molecule has 186 valence electrons. The van der Waals surface area contributed by atoms with Gasteiger partial charge in [-0.3, -0.25) is 14.8 Å². The number of hydrogen-bond acceptors (Lipinski definition) is 6. The van der Waals surface area contributed by atoms with Crippen LogP contribution in [0.1, 0.15) is 31.2 Å². The first-order chi connectivity index (χ1) is 16.9. The lowest BCUT2D eigenvalue weighted by atomic mass is 9.57. The molecule has 0 radical (unpaired) electrons. The molecule has 9 nitrogen and oxygen atoms in total. The van der Waals surface area contributed by atoms with Crippen molar-refractivity contribution in [2.75, 3.05) is 38.0 Å². The summed E-state index contributed by atoms with van der Waals surface area (Å²) < 4.78 is 1.50. The van der Waals surface area contributed by atoms with Crippen LogP contribution in [0.25, 0.3) is 5.69 Å². The van der Waals surface area contributed by atoms with Crippen molar-refractivity contribution in [2.45, 2.75) is 38.3 Å². The minimum atomic E-state index is -0.413. The number of piperidine rings is 2. The van der Waals surface area contributed by atoms with E-state index in [-0.39, 0.29) is 11.8 Å². The van der Waals surface area contributed by atoms with Crippen molar-refractivity contribution in [2.24, 2.45) is 34.6 Å². The number of benzene rings is 1. The number of nitrogens with one attached hydrogen (secondary N) is 1. The minimum Gasteiger partial charge on any atom is -0.330 e. The van der Waals surface area contributed by atoms with Crippen LogP contribution in [0.3, 0.4) is 0 Å². The smallest absolute Gasteiger partial charge is 0.330 e. The van der Waals surface area contributed by atoms with E-state index in [1.165, 1.54) is 23.0 Å². The van der Waals surface area contributed by atoms with Gasteiger partial charge in [0.05, 0.1) is 5.69 Å². The summed E-state index contributed by atoms with van der Waals surface area (Å²) >= 11 is 0. The summed E-state index contributed by atoms with van der Waals surface area (Å²) in [7, 11) is 0. The Bertz CT molecular complexity index is 1140. The number of fused-ring (bicyclic) bond motifs is 1.